The molecule has 0 aromatic rings. The highest BCUT2D eigenvalue weighted by Crippen LogP contribution is 2.11. The molecule has 0 saturated heterocycles. The molecule has 0 aromatic carbocycles. The maximum absolute atomic E-state index is 12.7. The molecule has 0 aromatic heterocycles. The summed E-state index contributed by atoms with van der Waals surface area (Å²) >= 11 is 0. The summed E-state index contributed by atoms with van der Waals surface area (Å²) in [7, 11) is 0. The van der Waals surface area contributed by atoms with Gasteiger partial charge in [-0.05, 0) is 37.6 Å². The summed E-state index contributed by atoms with van der Waals surface area (Å²) < 4.78 is 12.7. The second-order valence-electron chi connectivity index (χ2n) is 3.55. The molecule has 0 bridgehead atoms. The van der Waals surface area contributed by atoms with Crippen LogP contribution in [0, 0.1) is 5.92 Å². The van der Waals surface area contributed by atoms with Crippen LogP contribution in [0.2, 0.25) is 0 Å². The molecule has 0 aliphatic heterocycles. The van der Waals surface area contributed by atoms with Crippen LogP contribution in [0.5, 0.6) is 0 Å². The van der Waals surface area contributed by atoms with Crippen LogP contribution in [0.15, 0.2) is 24.1 Å². The van der Waals surface area contributed by atoms with E-state index < -0.39 is 0 Å². The molecule has 0 radical (unpaired) electrons. The summed E-state index contributed by atoms with van der Waals surface area (Å²) in [4.78, 5) is 0. The van der Waals surface area contributed by atoms with Gasteiger partial charge in [-0.25, -0.2) is 4.39 Å². The first-order valence-corrected chi connectivity index (χ1v) is 4.69. The minimum absolute atomic E-state index is 0.138. The molecule has 74 valence electrons. The third kappa shape index (κ3) is 3.70. The number of nitrogens with two attached hydrogens (primary N) is 1. The maximum Gasteiger partial charge on any atom is 0.120 e. The highest BCUT2D eigenvalue weighted by Gasteiger charge is 2.09. The smallest absolute Gasteiger partial charge is 0.120 e. The van der Waals surface area contributed by atoms with Crippen molar-refractivity contribution in [1.29, 1.82) is 0 Å². The Kier molecular flexibility index (Phi) is 4.12. The first-order valence-electron chi connectivity index (χ1n) is 4.69. The van der Waals surface area contributed by atoms with E-state index >= 15 is 0 Å². The molecule has 1 aliphatic carbocycles. The highest BCUT2D eigenvalue weighted by atomic mass is 19.1. The molecule has 1 aliphatic rings. The zero-order valence-electron chi connectivity index (χ0n) is 7.96. The van der Waals surface area contributed by atoms with E-state index in [1.807, 2.05) is 6.08 Å². The predicted octanol–water partition coefficient (Wildman–Crippen LogP) is 1.35. The van der Waals surface area contributed by atoms with Gasteiger partial charge in [-0.2, -0.15) is 0 Å². The topological polar surface area (TPSA) is 38.0 Å². The predicted molar refractivity (Wildman–Crippen MR) is 53.0 cm³/mol. The fourth-order valence-electron chi connectivity index (χ4n) is 1.22. The van der Waals surface area contributed by atoms with Gasteiger partial charge in [0.2, 0.25) is 0 Å². The number of nitrogens with one attached hydrogen (secondary N) is 1. The lowest BCUT2D eigenvalue weighted by atomic mass is 10.1. The Morgan fingerprint density at radius 1 is 1.77 bits per heavy atom. The number of allylic oxidation sites excluding steroid dienone is 2. The Labute approximate surface area is 78.7 Å². The number of halogens is 1. The van der Waals surface area contributed by atoms with Crippen molar-refractivity contribution in [1.82, 2.24) is 5.32 Å². The second-order valence-corrected chi connectivity index (χ2v) is 3.55. The lowest BCUT2D eigenvalue weighted by molar-refractivity contribution is 0.481. The van der Waals surface area contributed by atoms with Crippen LogP contribution in [-0.4, -0.2) is 19.1 Å². The van der Waals surface area contributed by atoms with Crippen LogP contribution in [0.1, 0.15) is 13.3 Å². The SMILES string of the molecule is CC(CN)CNC1C=C(F)C=CC1. The number of hydrogen-bond acceptors (Lipinski definition) is 2. The maximum atomic E-state index is 12.7. The van der Waals surface area contributed by atoms with Gasteiger partial charge in [0.1, 0.15) is 5.83 Å². The van der Waals surface area contributed by atoms with Gasteiger partial charge in [-0.1, -0.05) is 13.0 Å². The first-order chi connectivity index (χ1) is 6.22. The lowest BCUT2D eigenvalue weighted by Crippen LogP contribution is -2.34. The summed E-state index contributed by atoms with van der Waals surface area (Å²) in [5.74, 6) is 0.298. The molecule has 1 rings (SSSR count). The van der Waals surface area contributed by atoms with Crippen LogP contribution < -0.4 is 11.1 Å². The molecule has 2 nitrogen and oxygen atoms in total. The largest absolute Gasteiger partial charge is 0.330 e. The Morgan fingerprint density at radius 2 is 2.54 bits per heavy atom. The van der Waals surface area contributed by atoms with Crippen LogP contribution in [0.3, 0.4) is 0 Å². The quantitative estimate of drug-likeness (QED) is 0.692. The van der Waals surface area contributed by atoms with Crippen LogP contribution in [0.25, 0.3) is 0 Å². The van der Waals surface area contributed by atoms with E-state index in [9.17, 15) is 4.39 Å². The normalized spacial score (nSPS) is 24.2. The van der Waals surface area contributed by atoms with Gasteiger partial charge in [0.25, 0.3) is 0 Å². The van der Waals surface area contributed by atoms with E-state index in [1.54, 1.807) is 6.08 Å². The molecule has 2 unspecified atom stereocenters. The second kappa shape index (κ2) is 5.14. The van der Waals surface area contributed by atoms with Crippen molar-refractivity contribution in [2.45, 2.75) is 19.4 Å². The third-order valence-corrected chi connectivity index (χ3v) is 2.16. The van der Waals surface area contributed by atoms with Gasteiger partial charge in [-0.15, -0.1) is 0 Å². The van der Waals surface area contributed by atoms with Gasteiger partial charge >= 0.3 is 0 Å². The summed E-state index contributed by atoms with van der Waals surface area (Å²) in [6.07, 6.45) is 5.83. The summed E-state index contributed by atoms with van der Waals surface area (Å²) in [6.45, 7) is 3.59. The molecule has 2 atom stereocenters. The summed E-state index contributed by atoms with van der Waals surface area (Å²) in [5, 5.41) is 3.26. The van der Waals surface area contributed by atoms with E-state index in [4.69, 9.17) is 5.73 Å². The van der Waals surface area contributed by atoms with Gasteiger partial charge in [0.05, 0.1) is 0 Å². The van der Waals surface area contributed by atoms with E-state index in [0.717, 1.165) is 13.0 Å². The number of hydrogen-bond donors (Lipinski definition) is 2. The minimum Gasteiger partial charge on any atom is -0.330 e. The monoisotopic (exact) mass is 184 g/mol. The number of rotatable bonds is 4. The van der Waals surface area contributed by atoms with Crippen molar-refractivity contribution >= 4 is 0 Å². The standard InChI is InChI=1S/C10H17FN2/c1-8(6-12)7-13-10-4-2-3-9(11)5-10/h2-3,5,8,10,13H,4,6-7,12H2,1H3. The Bertz CT molecular complexity index is 211. The van der Waals surface area contributed by atoms with Crippen molar-refractivity contribution in [3.05, 3.63) is 24.1 Å². The van der Waals surface area contributed by atoms with Gasteiger partial charge in [-0.3, -0.25) is 0 Å². The van der Waals surface area contributed by atoms with Crippen LogP contribution in [0.4, 0.5) is 4.39 Å². The molecule has 3 N–H and O–H groups in total. The molecular formula is C10H17FN2. The zero-order valence-corrected chi connectivity index (χ0v) is 7.96. The van der Waals surface area contributed by atoms with E-state index in [-0.39, 0.29) is 11.9 Å². The lowest BCUT2D eigenvalue weighted by Gasteiger charge is -2.18. The van der Waals surface area contributed by atoms with Crippen LogP contribution in [-0.2, 0) is 0 Å². The molecule has 0 saturated carbocycles. The molecule has 3 heteroatoms. The minimum atomic E-state index is -0.149. The first kappa shape index (κ1) is 10.4. The van der Waals surface area contributed by atoms with Crippen molar-refractivity contribution in [2.24, 2.45) is 11.7 Å². The fourth-order valence-corrected chi connectivity index (χ4v) is 1.22. The Balaban J connectivity index is 2.27. The van der Waals surface area contributed by atoms with Gasteiger partial charge in [0.15, 0.2) is 0 Å². The average Bonchev–Trinajstić information content (AvgIpc) is 2.14. The molecule has 0 fully saturated rings. The fraction of sp³-hybridized carbons (Fsp3) is 0.600. The van der Waals surface area contributed by atoms with Crippen molar-refractivity contribution in [2.75, 3.05) is 13.1 Å². The third-order valence-electron chi connectivity index (χ3n) is 2.16. The van der Waals surface area contributed by atoms with Crippen molar-refractivity contribution in [3.63, 3.8) is 0 Å². The van der Waals surface area contributed by atoms with Gasteiger partial charge < -0.3 is 11.1 Å². The molecule has 0 spiro atoms. The summed E-state index contributed by atoms with van der Waals surface area (Å²) in [5.41, 5.74) is 5.47. The summed E-state index contributed by atoms with van der Waals surface area (Å²) in [6, 6.07) is 0.138. The Hall–Kier alpha value is -0.670. The molecule has 0 heterocycles. The molecular weight excluding hydrogens is 167 g/mol. The van der Waals surface area contributed by atoms with E-state index in [0.29, 0.717) is 12.5 Å². The highest BCUT2D eigenvalue weighted by molar-refractivity contribution is 5.19. The van der Waals surface area contributed by atoms with Gasteiger partial charge in [0, 0.05) is 6.04 Å². The van der Waals surface area contributed by atoms with Crippen LogP contribution >= 0.6 is 0 Å². The van der Waals surface area contributed by atoms with E-state index in [2.05, 4.69) is 12.2 Å². The zero-order chi connectivity index (χ0) is 9.68. The molecule has 13 heavy (non-hydrogen) atoms. The van der Waals surface area contributed by atoms with Crippen molar-refractivity contribution < 1.29 is 4.39 Å². The van der Waals surface area contributed by atoms with Crippen molar-refractivity contribution in [3.8, 4) is 0 Å². The van der Waals surface area contributed by atoms with E-state index in [1.165, 1.54) is 6.08 Å². The Morgan fingerprint density at radius 3 is 3.15 bits per heavy atom. The average molecular weight is 184 g/mol. The molecule has 0 amide bonds.